The van der Waals surface area contributed by atoms with Gasteiger partial charge in [0.05, 0.1) is 5.92 Å². The highest BCUT2D eigenvalue weighted by molar-refractivity contribution is 5.70. The third kappa shape index (κ3) is 4.95. The van der Waals surface area contributed by atoms with Crippen LogP contribution < -0.4 is 0 Å². The van der Waals surface area contributed by atoms with Gasteiger partial charge in [0.2, 0.25) is 0 Å². The van der Waals surface area contributed by atoms with Crippen molar-refractivity contribution in [1.82, 2.24) is 0 Å². The molecule has 2 aromatic carbocycles. The van der Waals surface area contributed by atoms with Gasteiger partial charge in [-0.2, -0.15) is 0 Å². The largest absolute Gasteiger partial charge is 0.508 e. The highest BCUT2D eigenvalue weighted by Crippen LogP contribution is 2.18. The molecular formula is C18H20O3. The molecule has 3 heteroatoms. The van der Waals surface area contributed by atoms with Gasteiger partial charge in [-0.05, 0) is 48.9 Å². The van der Waals surface area contributed by atoms with Crippen LogP contribution in [0.5, 0.6) is 5.75 Å². The van der Waals surface area contributed by atoms with E-state index in [0.29, 0.717) is 12.8 Å². The van der Waals surface area contributed by atoms with E-state index < -0.39 is 5.97 Å². The fraction of sp³-hybridized carbons (Fsp3) is 0.278. The molecule has 3 nitrogen and oxygen atoms in total. The topological polar surface area (TPSA) is 57.5 Å². The standard InChI is InChI=1S/C18H20O3/c19-17-11-9-15(10-12-17)13-16(18(20)21)8-4-7-14-5-2-1-3-6-14/h1-3,5-6,9-12,16,19H,4,7-8,13H2,(H,20,21)/t16-/m0/s1. The Labute approximate surface area is 124 Å². The number of hydrogen-bond acceptors (Lipinski definition) is 2. The van der Waals surface area contributed by atoms with Gasteiger partial charge in [0.25, 0.3) is 0 Å². The maximum Gasteiger partial charge on any atom is 0.306 e. The molecule has 21 heavy (non-hydrogen) atoms. The van der Waals surface area contributed by atoms with E-state index in [1.807, 2.05) is 18.2 Å². The van der Waals surface area contributed by atoms with Crippen LogP contribution >= 0.6 is 0 Å². The SMILES string of the molecule is O=C(O)[C@@H](CCCc1ccccc1)Cc1ccc(O)cc1. The van der Waals surface area contributed by atoms with Crippen LogP contribution in [-0.4, -0.2) is 16.2 Å². The van der Waals surface area contributed by atoms with Crippen LogP contribution in [-0.2, 0) is 17.6 Å². The summed E-state index contributed by atoms with van der Waals surface area (Å²) < 4.78 is 0. The van der Waals surface area contributed by atoms with Crippen molar-refractivity contribution >= 4 is 5.97 Å². The van der Waals surface area contributed by atoms with Gasteiger partial charge in [0.15, 0.2) is 0 Å². The molecule has 0 aliphatic carbocycles. The quantitative estimate of drug-likeness (QED) is 0.815. The normalized spacial score (nSPS) is 12.0. The van der Waals surface area contributed by atoms with Gasteiger partial charge in [0, 0.05) is 0 Å². The molecule has 2 aromatic rings. The predicted molar refractivity (Wildman–Crippen MR) is 82.3 cm³/mol. The molecule has 0 unspecified atom stereocenters. The highest BCUT2D eigenvalue weighted by Gasteiger charge is 2.17. The van der Waals surface area contributed by atoms with Crippen molar-refractivity contribution in [1.29, 1.82) is 0 Å². The minimum atomic E-state index is -0.754. The minimum Gasteiger partial charge on any atom is -0.508 e. The van der Waals surface area contributed by atoms with E-state index in [0.717, 1.165) is 18.4 Å². The van der Waals surface area contributed by atoms with Crippen LogP contribution in [0.2, 0.25) is 0 Å². The lowest BCUT2D eigenvalue weighted by Crippen LogP contribution is -2.16. The van der Waals surface area contributed by atoms with Gasteiger partial charge < -0.3 is 10.2 Å². The van der Waals surface area contributed by atoms with E-state index in [1.54, 1.807) is 24.3 Å². The average molecular weight is 284 g/mol. The summed E-state index contributed by atoms with van der Waals surface area (Å²) in [5, 5.41) is 18.6. The Bertz CT molecular complexity index is 561. The van der Waals surface area contributed by atoms with Gasteiger partial charge in [-0.1, -0.05) is 42.5 Å². The molecule has 0 spiro atoms. The van der Waals surface area contributed by atoms with Crippen LogP contribution in [0, 0.1) is 5.92 Å². The summed E-state index contributed by atoms with van der Waals surface area (Å²) >= 11 is 0. The number of hydrogen-bond donors (Lipinski definition) is 2. The van der Waals surface area contributed by atoms with E-state index in [1.165, 1.54) is 5.56 Å². The summed E-state index contributed by atoms with van der Waals surface area (Å²) in [5.41, 5.74) is 2.19. The average Bonchev–Trinajstić information content (AvgIpc) is 2.49. The van der Waals surface area contributed by atoms with E-state index in [2.05, 4.69) is 12.1 Å². The van der Waals surface area contributed by atoms with Gasteiger partial charge in [-0.3, -0.25) is 4.79 Å². The van der Waals surface area contributed by atoms with Crippen LogP contribution in [0.15, 0.2) is 54.6 Å². The maximum atomic E-state index is 11.4. The van der Waals surface area contributed by atoms with E-state index in [-0.39, 0.29) is 11.7 Å². The number of carboxylic acids is 1. The summed E-state index contributed by atoms with van der Waals surface area (Å²) in [4.78, 5) is 11.4. The van der Waals surface area contributed by atoms with Gasteiger partial charge in [0.1, 0.15) is 5.75 Å². The third-order valence-corrected chi connectivity index (χ3v) is 3.63. The van der Waals surface area contributed by atoms with Crippen LogP contribution in [0.4, 0.5) is 0 Å². The first kappa shape index (κ1) is 15.1. The lowest BCUT2D eigenvalue weighted by Gasteiger charge is -2.12. The van der Waals surface area contributed by atoms with Gasteiger partial charge in [-0.25, -0.2) is 0 Å². The van der Waals surface area contributed by atoms with Gasteiger partial charge >= 0.3 is 5.97 Å². The second-order valence-corrected chi connectivity index (χ2v) is 5.28. The van der Waals surface area contributed by atoms with Crippen molar-refractivity contribution < 1.29 is 15.0 Å². The molecule has 0 radical (unpaired) electrons. The minimum absolute atomic E-state index is 0.203. The van der Waals surface area contributed by atoms with Crippen molar-refractivity contribution in [2.45, 2.75) is 25.7 Å². The summed E-state index contributed by atoms with van der Waals surface area (Å²) in [7, 11) is 0. The molecule has 2 N–H and O–H groups in total. The number of aryl methyl sites for hydroxylation is 1. The molecule has 0 saturated heterocycles. The number of phenols is 1. The first-order valence-electron chi connectivity index (χ1n) is 7.20. The molecule has 0 heterocycles. The number of carbonyl (C=O) groups is 1. The lowest BCUT2D eigenvalue weighted by molar-refractivity contribution is -0.141. The second-order valence-electron chi connectivity index (χ2n) is 5.28. The zero-order valence-corrected chi connectivity index (χ0v) is 11.9. The molecule has 110 valence electrons. The monoisotopic (exact) mass is 284 g/mol. The van der Waals surface area contributed by atoms with Crippen molar-refractivity contribution in [2.24, 2.45) is 5.92 Å². The second kappa shape index (κ2) is 7.48. The highest BCUT2D eigenvalue weighted by atomic mass is 16.4. The molecule has 0 amide bonds. The molecular weight excluding hydrogens is 264 g/mol. The molecule has 0 aliphatic heterocycles. The molecule has 2 rings (SSSR count). The Morgan fingerprint density at radius 1 is 0.952 bits per heavy atom. The molecule has 0 fully saturated rings. The summed E-state index contributed by atoms with van der Waals surface area (Å²) in [6.07, 6.45) is 2.93. The Morgan fingerprint density at radius 3 is 2.24 bits per heavy atom. The first-order chi connectivity index (χ1) is 10.1. The Morgan fingerprint density at radius 2 is 1.62 bits per heavy atom. The third-order valence-electron chi connectivity index (χ3n) is 3.63. The van der Waals surface area contributed by atoms with Crippen molar-refractivity contribution in [3.05, 3.63) is 65.7 Å². The summed E-state index contributed by atoms with van der Waals surface area (Å²) in [6, 6.07) is 16.9. The number of aliphatic carboxylic acids is 1. The summed E-state index contributed by atoms with van der Waals surface area (Å²) in [6.45, 7) is 0. The van der Waals surface area contributed by atoms with Crippen molar-refractivity contribution in [3.63, 3.8) is 0 Å². The number of aromatic hydroxyl groups is 1. The molecule has 0 bridgehead atoms. The zero-order valence-electron chi connectivity index (χ0n) is 11.9. The number of phenolic OH excluding ortho intramolecular Hbond substituents is 1. The van der Waals surface area contributed by atoms with Crippen molar-refractivity contribution in [3.8, 4) is 5.75 Å². The molecule has 0 aliphatic rings. The molecule has 0 saturated carbocycles. The summed E-state index contributed by atoms with van der Waals surface area (Å²) in [5.74, 6) is -0.927. The van der Waals surface area contributed by atoms with Gasteiger partial charge in [-0.15, -0.1) is 0 Å². The molecule has 0 aromatic heterocycles. The van der Waals surface area contributed by atoms with Crippen LogP contribution in [0.25, 0.3) is 0 Å². The van der Waals surface area contributed by atoms with Crippen LogP contribution in [0.1, 0.15) is 24.0 Å². The Hall–Kier alpha value is -2.29. The fourth-order valence-corrected chi connectivity index (χ4v) is 2.43. The first-order valence-corrected chi connectivity index (χ1v) is 7.20. The Kier molecular flexibility index (Phi) is 5.38. The van der Waals surface area contributed by atoms with Crippen molar-refractivity contribution in [2.75, 3.05) is 0 Å². The lowest BCUT2D eigenvalue weighted by atomic mass is 9.93. The smallest absolute Gasteiger partial charge is 0.306 e. The molecule has 1 atom stereocenters. The number of rotatable bonds is 7. The maximum absolute atomic E-state index is 11.4. The van der Waals surface area contributed by atoms with E-state index >= 15 is 0 Å². The number of carboxylic acid groups (broad SMARTS) is 1. The zero-order chi connectivity index (χ0) is 15.1. The Balaban J connectivity index is 1.87. The van der Waals surface area contributed by atoms with E-state index in [4.69, 9.17) is 0 Å². The fourth-order valence-electron chi connectivity index (χ4n) is 2.43. The number of benzene rings is 2. The predicted octanol–water partition coefficient (Wildman–Crippen LogP) is 3.66. The van der Waals surface area contributed by atoms with Crippen LogP contribution in [0.3, 0.4) is 0 Å². The van der Waals surface area contributed by atoms with E-state index in [9.17, 15) is 15.0 Å².